The van der Waals surface area contributed by atoms with Crippen LogP contribution < -0.4 is 11.1 Å². The Kier molecular flexibility index (Phi) is 4.85. The maximum absolute atomic E-state index is 11.8. The molecule has 1 aromatic rings. The van der Waals surface area contributed by atoms with Crippen LogP contribution in [0.2, 0.25) is 0 Å². The quantitative estimate of drug-likeness (QED) is 0.801. The lowest BCUT2D eigenvalue weighted by molar-refractivity contribution is -0.122. The first-order valence-corrected chi connectivity index (χ1v) is 4.95. The average molecular weight is 228 g/mol. The van der Waals surface area contributed by atoms with Crippen LogP contribution in [0.1, 0.15) is 18.0 Å². The molecule has 16 heavy (non-hydrogen) atoms. The molecule has 0 fully saturated rings. The molecule has 0 radical (unpaired) electrons. The van der Waals surface area contributed by atoms with Crippen molar-refractivity contribution in [3.63, 3.8) is 0 Å². The highest BCUT2D eigenvalue weighted by Gasteiger charge is 2.12. The van der Waals surface area contributed by atoms with Gasteiger partial charge in [0.05, 0.1) is 6.54 Å². The summed E-state index contributed by atoms with van der Waals surface area (Å²) in [6.45, 7) is -0.625. The van der Waals surface area contributed by atoms with Gasteiger partial charge in [0, 0.05) is 12.5 Å². The SMILES string of the molecule is NC(CC(=O)NCC(F)F)c1ccccc1. The number of nitrogens with two attached hydrogens (primary N) is 1. The van der Waals surface area contributed by atoms with Crippen molar-refractivity contribution >= 4 is 5.91 Å². The molecule has 0 saturated heterocycles. The fourth-order valence-corrected chi connectivity index (χ4v) is 1.28. The second-order valence-corrected chi connectivity index (χ2v) is 3.42. The summed E-state index contributed by atoms with van der Waals surface area (Å²) < 4.78 is 23.6. The lowest BCUT2D eigenvalue weighted by Gasteiger charge is -2.11. The van der Waals surface area contributed by atoms with E-state index in [2.05, 4.69) is 5.32 Å². The number of nitrogens with one attached hydrogen (secondary N) is 1. The van der Waals surface area contributed by atoms with Gasteiger partial charge >= 0.3 is 0 Å². The molecule has 0 aliphatic carbocycles. The average Bonchev–Trinajstić information content (AvgIpc) is 2.27. The van der Waals surface area contributed by atoms with Gasteiger partial charge in [0.25, 0.3) is 6.43 Å². The molecule has 3 N–H and O–H groups in total. The monoisotopic (exact) mass is 228 g/mol. The third-order valence-corrected chi connectivity index (χ3v) is 2.09. The predicted octanol–water partition coefficient (Wildman–Crippen LogP) is 1.46. The Morgan fingerprint density at radius 1 is 1.31 bits per heavy atom. The van der Waals surface area contributed by atoms with Crippen LogP contribution in [-0.2, 0) is 4.79 Å². The Labute approximate surface area is 92.6 Å². The summed E-state index contributed by atoms with van der Waals surface area (Å²) >= 11 is 0. The first-order valence-electron chi connectivity index (χ1n) is 4.95. The maximum atomic E-state index is 11.8. The molecule has 1 rings (SSSR count). The number of alkyl halides is 2. The van der Waals surface area contributed by atoms with E-state index >= 15 is 0 Å². The van der Waals surface area contributed by atoms with Crippen molar-refractivity contribution in [1.82, 2.24) is 5.32 Å². The Balaban J connectivity index is 2.40. The van der Waals surface area contributed by atoms with Gasteiger partial charge in [-0.3, -0.25) is 4.79 Å². The molecule has 0 aromatic heterocycles. The van der Waals surface area contributed by atoms with Crippen molar-refractivity contribution < 1.29 is 13.6 Å². The lowest BCUT2D eigenvalue weighted by atomic mass is 10.0. The van der Waals surface area contributed by atoms with E-state index < -0.39 is 24.9 Å². The van der Waals surface area contributed by atoms with E-state index in [4.69, 9.17) is 5.73 Å². The van der Waals surface area contributed by atoms with Gasteiger partial charge in [0.2, 0.25) is 5.91 Å². The second kappa shape index (κ2) is 6.17. The molecule has 0 bridgehead atoms. The lowest BCUT2D eigenvalue weighted by Crippen LogP contribution is -2.31. The van der Waals surface area contributed by atoms with Crippen molar-refractivity contribution in [2.45, 2.75) is 18.9 Å². The molecule has 1 unspecified atom stereocenters. The van der Waals surface area contributed by atoms with Crippen molar-refractivity contribution in [3.8, 4) is 0 Å². The van der Waals surface area contributed by atoms with E-state index in [0.717, 1.165) is 5.56 Å². The summed E-state index contributed by atoms with van der Waals surface area (Å²) in [6, 6.07) is 8.60. The first kappa shape index (κ1) is 12.6. The van der Waals surface area contributed by atoms with Crippen molar-refractivity contribution in [3.05, 3.63) is 35.9 Å². The molecule has 0 saturated carbocycles. The Morgan fingerprint density at radius 3 is 2.50 bits per heavy atom. The van der Waals surface area contributed by atoms with Crippen LogP contribution in [0.5, 0.6) is 0 Å². The van der Waals surface area contributed by atoms with E-state index in [1.165, 1.54) is 0 Å². The minimum absolute atomic E-state index is 0.0106. The Hall–Kier alpha value is -1.49. The third-order valence-electron chi connectivity index (χ3n) is 2.09. The van der Waals surface area contributed by atoms with Crippen LogP contribution >= 0.6 is 0 Å². The van der Waals surface area contributed by atoms with Gasteiger partial charge in [-0.25, -0.2) is 8.78 Å². The molecule has 1 aromatic carbocycles. The van der Waals surface area contributed by atoms with E-state index in [0.29, 0.717) is 0 Å². The number of hydrogen-bond acceptors (Lipinski definition) is 2. The summed E-state index contributed by atoms with van der Waals surface area (Å²) in [5.74, 6) is -0.461. The topological polar surface area (TPSA) is 55.1 Å². The van der Waals surface area contributed by atoms with Crippen LogP contribution in [0.15, 0.2) is 30.3 Å². The summed E-state index contributed by atoms with van der Waals surface area (Å²) in [5.41, 5.74) is 6.57. The number of rotatable bonds is 5. The molecule has 3 nitrogen and oxygen atoms in total. The second-order valence-electron chi connectivity index (χ2n) is 3.42. The van der Waals surface area contributed by atoms with E-state index in [9.17, 15) is 13.6 Å². The van der Waals surface area contributed by atoms with Crippen molar-refractivity contribution in [2.24, 2.45) is 5.73 Å². The molecule has 0 aliphatic rings. The zero-order chi connectivity index (χ0) is 12.0. The molecular weight excluding hydrogens is 214 g/mol. The number of carbonyl (C=O) groups excluding carboxylic acids is 1. The van der Waals surface area contributed by atoms with Crippen LogP contribution in [0.4, 0.5) is 8.78 Å². The summed E-state index contributed by atoms with van der Waals surface area (Å²) in [5, 5.41) is 2.11. The maximum Gasteiger partial charge on any atom is 0.255 e. The Bertz CT molecular complexity index is 330. The fraction of sp³-hybridized carbons (Fsp3) is 0.364. The van der Waals surface area contributed by atoms with Crippen molar-refractivity contribution in [1.29, 1.82) is 0 Å². The number of halogens is 2. The fourth-order valence-electron chi connectivity index (χ4n) is 1.28. The summed E-state index contributed by atoms with van der Waals surface area (Å²) in [7, 11) is 0. The summed E-state index contributed by atoms with van der Waals surface area (Å²) in [6.07, 6.45) is -2.52. The molecule has 0 heterocycles. The largest absolute Gasteiger partial charge is 0.350 e. The number of hydrogen-bond donors (Lipinski definition) is 2. The van der Waals surface area contributed by atoms with Crippen LogP contribution in [0, 0.1) is 0 Å². The Morgan fingerprint density at radius 2 is 1.94 bits per heavy atom. The van der Waals surface area contributed by atoms with Gasteiger partial charge in [-0.2, -0.15) is 0 Å². The van der Waals surface area contributed by atoms with Gasteiger partial charge in [-0.05, 0) is 5.56 Å². The van der Waals surface area contributed by atoms with Crippen molar-refractivity contribution in [2.75, 3.05) is 6.54 Å². The highest BCUT2D eigenvalue weighted by Crippen LogP contribution is 2.12. The number of amides is 1. The number of benzene rings is 1. The third kappa shape index (κ3) is 4.35. The molecular formula is C11H14F2N2O. The zero-order valence-corrected chi connectivity index (χ0v) is 8.70. The standard InChI is InChI=1S/C11H14F2N2O/c12-10(13)7-15-11(16)6-9(14)8-4-2-1-3-5-8/h1-5,9-10H,6-7,14H2,(H,15,16). The molecule has 0 aliphatic heterocycles. The molecule has 1 atom stereocenters. The first-order chi connectivity index (χ1) is 7.59. The van der Waals surface area contributed by atoms with Gasteiger partial charge in [-0.15, -0.1) is 0 Å². The predicted molar refractivity (Wildman–Crippen MR) is 57.0 cm³/mol. The van der Waals surface area contributed by atoms with Crippen LogP contribution in [0.3, 0.4) is 0 Å². The van der Waals surface area contributed by atoms with Gasteiger partial charge in [-0.1, -0.05) is 30.3 Å². The van der Waals surface area contributed by atoms with E-state index in [-0.39, 0.29) is 6.42 Å². The highest BCUT2D eigenvalue weighted by molar-refractivity contribution is 5.76. The van der Waals surface area contributed by atoms with Crippen LogP contribution in [-0.4, -0.2) is 18.9 Å². The molecule has 88 valence electrons. The normalized spacial score (nSPS) is 12.5. The van der Waals surface area contributed by atoms with Gasteiger partial charge < -0.3 is 11.1 Å². The minimum Gasteiger partial charge on any atom is -0.350 e. The zero-order valence-electron chi connectivity index (χ0n) is 8.70. The smallest absolute Gasteiger partial charge is 0.255 e. The molecule has 1 amide bonds. The van der Waals surface area contributed by atoms with Gasteiger partial charge in [0.1, 0.15) is 0 Å². The van der Waals surface area contributed by atoms with E-state index in [1.54, 1.807) is 12.1 Å². The molecule has 0 spiro atoms. The minimum atomic E-state index is -2.53. The number of carbonyl (C=O) groups is 1. The van der Waals surface area contributed by atoms with Gasteiger partial charge in [0.15, 0.2) is 0 Å². The van der Waals surface area contributed by atoms with Crippen LogP contribution in [0.25, 0.3) is 0 Å². The highest BCUT2D eigenvalue weighted by atomic mass is 19.3. The molecule has 5 heteroatoms. The summed E-state index contributed by atoms with van der Waals surface area (Å²) in [4.78, 5) is 11.2. The van der Waals surface area contributed by atoms with E-state index in [1.807, 2.05) is 18.2 Å².